The molecule has 0 N–H and O–H groups in total. The van der Waals surface area contributed by atoms with Gasteiger partial charge in [0.15, 0.2) is 0 Å². The zero-order chi connectivity index (χ0) is 9.52. The molecule has 2 heteroatoms. The van der Waals surface area contributed by atoms with Gasteiger partial charge in [0.2, 0.25) is 0 Å². The SMILES string of the molecule is CCCCN(C=[Se])c1ccccc1. The maximum absolute atomic E-state index is 2.95. The second-order valence-electron chi connectivity index (χ2n) is 2.99. The standard InChI is InChI=1S/C11H15NSe/c1-2-3-9-12(10-13)11-7-5-4-6-8-11/h4-8,10H,2-3,9H2,1H3. The van der Waals surface area contributed by atoms with Gasteiger partial charge in [0.1, 0.15) is 0 Å². The van der Waals surface area contributed by atoms with Gasteiger partial charge in [-0.15, -0.1) is 0 Å². The van der Waals surface area contributed by atoms with Crippen molar-refractivity contribution in [3.05, 3.63) is 30.3 Å². The fourth-order valence-corrected chi connectivity index (χ4v) is 1.67. The van der Waals surface area contributed by atoms with Gasteiger partial charge < -0.3 is 0 Å². The van der Waals surface area contributed by atoms with Crippen LogP contribution in [0.5, 0.6) is 0 Å². The molecule has 1 aromatic carbocycles. The molecule has 0 saturated carbocycles. The van der Waals surface area contributed by atoms with Gasteiger partial charge in [-0.1, -0.05) is 0 Å². The van der Waals surface area contributed by atoms with E-state index < -0.39 is 0 Å². The molecule has 1 nitrogen and oxygen atoms in total. The maximum atomic E-state index is 2.95. The van der Waals surface area contributed by atoms with E-state index in [0.717, 1.165) is 6.54 Å². The van der Waals surface area contributed by atoms with Crippen molar-refractivity contribution in [2.45, 2.75) is 19.8 Å². The Bertz CT molecular complexity index is 246. The second kappa shape index (κ2) is 5.95. The summed E-state index contributed by atoms with van der Waals surface area (Å²) in [6.07, 6.45) is 2.46. The van der Waals surface area contributed by atoms with Crippen LogP contribution >= 0.6 is 0 Å². The average molecular weight is 240 g/mol. The fraction of sp³-hybridized carbons (Fsp3) is 0.364. The first-order chi connectivity index (χ1) is 6.38. The van der Waals surface area contributed by atoms with E-state index in [1.807, 2.05) is 11.1 Å². The summed E-state index contributed by atoms with van der Waals surface area (Å²) in [7, 11) is 0. The number of benzene rings is 1. The zero-order valence-corrected chi connectivity index (χ0v) is 9.65. The third kappa shape index (κ3) is 3.33. The summed E-state index contributed by atoms with van der Waals surface area (Å²) in [5, 5.41) is 2.02. The van der Waals surface area contributed by atoms with Crippen LogP contribution in [-0.2, 0) is 0 Å². The number of anilines is 1. The second-order valence-corrected chi connectivity index (χ2v) is 3.43. The first-order valence-corrected chi connectivity index (χ1v) is 5.64. The van der Waals surface area contributed by atoms with Crippen molar-refractivity contribution < 1.29 is 0 Å². The van der Waals surface area contributed by atoms with Crippen molar-refractivity contribution in [2.75, 3.05) is 11.4 Å². The Morgan fingerprint density at radius 1 is 1.31 bits per heavy atom. The summed E-state index contributed by atoms with van der Waals surface area (Å²) < 4.78 is 0. The third-order valence-electron chi connectivity index (χ3n) is 1.97. The van der Waals surface area contributed by atoms with E-state index in [4.69, 9.17) is 0 Å². The van der Waals surface area contributed by atoms with Crippen molar-refractivity contribution >= 4 is 26.3 Å². The molecule has 0 unspecified atom stereocenters. The molecule has 0 amide bonds. The van der Waals surface area contributed by atoms with Crippen molar-refractivity contribution in [3.8, 4) is 0 Å². The van der Waals surface area contributed by atoms with Crippen LogP contribution in [0.25, 0.3) is 0 Å². The predicted octanol–water partition coefficient (Wildman–Crippen LogP) is 2.22. The summed E-state index contributed by atoms with van der Waals surface area (Å²) in [5.74, 6) is 0. The van der Waals surface area contributed by atoms with Crippen LogP contribution in [0.3, 0.4) is 0 Å². The van der Waals surface area contributed by atoms with Gasteiger partial charge in [-0.3, -0.25) is 0 Å². The molecule has 0 heterocycles. The van der Waals surface area contributed by atoms with Gasteiger partial charge in [-0.2, -0.15) is 0 Å². The van der Waals surface area contributed by atoms with Crippen LogP contribution in [0.2, 0.25) is 0 Å². The normalized spacial score (nSPS) is 9.62. The molecule has 13 heavy (non-hydrogen) atoms. The minimum absolute atomic E-state index is 1.09. The Morgan fingerprint density at radius 2 is 2.00 bits per heavy atom. The van der Waals surface area contributed by atoms with E-state index in [-0.39, 0.29) is 0 Å². The van der Waals surface area contributed by atoms with E-state index >= 15 is 0 Å². The molecule has 0 aliphatic rings. The van der Waals surface area contributed by atoms with Gasteiger partial charge in [-0.05, 0) is 0 Å². The summed E-state index contributed by atoms with van der Waals surface area (Å²) >= 11 is 2.95. The van der Waals surface area contributed by atoms with Crippen molar-refractivity contribution in [1.82, 2.24) is 0 Å². The molecule has 1 rings (SSSR count). The summed E-state index contributed by atoms with van der Waals surface area (Å²) in [4.78, 5) is 2.24. The molecule has 0 radical (unpaired) electrons. The zero-order valence-electron chi connectivity index (χ0n) is 7.94. The van der Waals surface area contributed by atoms with Crippen LogP contribution in [0, 0.1) is 0 Å². The van der Waals surface area contributed by atoms with Crippen LogP contribution in [0.15, 0.2) is 30.3 Å². The Balaban J connectivity index is 2.61. The molecule has 0 aromatic heterocycles. The summed E-state index contributed by atoms with van der Waals surface area (Å²) in [6, 6.07) is 10.4. The van der Waals surface area contributed by atoms with E-state index in [1.165, 1.54) is 18.5 Å². The molecular formula is C11H15NSe. The number of hydrogen-bond acceptors (Lipinski definition) is 1. The Hall–Kier alpha value is -0.591. The number of unbranched alkanes of at least 4 members (excludes halogenated alkanes) is 1. The molecule has 0 aliphatic carbocycles. The number of para-hydroxylation sites is 1. The van der Waals surface area contributed by atoms with Crippen LogP contribution in [-0.4, -0.2) is 27.2 Å². The van der Waals surface area contributed by atoms with E-state index in [0.29, 0.717) is 0 Å². The first kappa shape index (κ1) is 10.5. The van der Waals surface area contributed by atoms with E-state index in [1.54, 1.807) is 0 Å². The van der Waals surface area contributed by atoms with Crippen molar-refractivity contribution in [3.63, 3.8) is 0 Å². The predicted molar refractivity (Wildman–Crippen MR) is 60.5 cm³/mol. The van der Waals surface area contributed by atoms with Crippen molar-refractivity contribution in [1.29, 1.82) is 0 Å². The molecule has 0 atom stereocenters. The number of nitrogens with zero attached hydrogens (tertiary/aromatic N) is 1. The molecular weight excluding hydrogens is 225 g/mol. The van der Waals surface area contributed by atoms with Gasteiger partial charge in [0.05, 0.1) is 0 Å². The van der Waals surface area contributed by atoms with Gasteiger partial charge >= 0.3 is 87.8 Å². The molecule has 70 valence electrons. The number of hydrogen-bond donors (Lipinski definition) is 0. The molecule has 0 bridgehead atoms. The molecule has 1 aromatic rings. The van der Waals surface area contributed by atoms with Crippen LogP contribution < -0.4 is 4.90 Å². The molecule has 0 saturated heterocycles. The monoisotopic (exact) mass is 241 g/mol. The third-order valence-corrected chi connectivity index (χ3v) is 2.50. The molecule has 0 aliphatic heterocycles. The van der Waals surface area contributed by atoms with Crippen molar-refractivity contribution in [2.24, 2.45) is 0 Å². The van der Waals surface area contributed by atoms with E-state index in [9.17, 15) is 0 Å². The topological polar surface area (TPSA) is 3.24 Å². The Morgan fingerprint density at radius 3 is 2.54 bits per heavy atom. The van der Waals surface area contributed by atoms with Crippen LogP contribution in [0.1, 0.15) is 19.8 Å². The summed E-state index contributed by atoms with van der Waals surface area (Å²) in [6.45, 7) is 3.30. The Labute approximate surface area is 88.1 Å². The molecule has 0 spiro atoms. The van der Waals surface area contributed by atoms with Crippen LogP contribution in [0.4, 0.5) is 5.69 Å². The summed E-state index contributed by atoms with van der Waals surface area (Å²) in [5.41, 5.74) is 1.26. The quantitative estimate of drug-likeness (QED) is 0.713. The first-order valence-electron chi connectivity index (χ1n) is 4.65. The minimum atomic E-state index is 1.09. The molecule has 0 fully saturated rings. The van der Waals surface area contributed by atoms with Gasteiger partial charge in [0, 0.05) is 0 Å². The number of rotatable bonds is 5. The Kier molecular flexibility index (Phi) is 4.80. The van der Waals surface area contributed by atoms with E-state index in [2.05, 4.69) is 51.7 Å². The average Bonchev–Trinajstić information content (AvgIpc) is 2.21. The van der Waals surface area contributed by atoms with Gasteiger partial charge in [0.25, 0.3) is 0 Å². The van der Waals surface area contributed by atoms with Gasteiger partial charge in [-0.25, -0.2) is 0 Å². The fourth-order valence-electron chi connectivity index (χ4n) is 1.19.